The third-order valence-electron chi connectivity index (χ3n) is 5.71. The van der Waals surface area contributed by atoms with Gasteiger partial charge in [0.2, 0.25) is 11.8 Å². The van der Waals surface area contributed by atoms with Crippen LogP contribution in [0.2, 0.25) is 0 Å². The molecule has 7 heteroatoms. The van der Waals surface area contributed by atoms with Gasteiger partial charge < -0.3 is 9.80 Å². The Morgan fingerprint density at radius 1 is 1.16 bits per heavy atom. The van der Waals surface area contributed by atoms with E-state index in [0.29, 0.717) is 31.7 Å². The number of benzene rings is 2. The van der Waals surface area contributed by atoms with Crippen molar-refractivity contribution in [3.8, 4) is 0 Å². The minimum atomic E-state index is -0.346. The number of likely N-dealkylation sites (tertiary alicyclic amines) is 1. The molecule has 1 atom stereocenters. The van der Waals surface area contributed by atoms with E-state index in [-0.39, 0.29) is 23.5 Å². The van der Waals surface area contributed by atoms with Gasteiger partial charge in [-0.15, -0.1) is 11.3 Å². The number of amides is 2. The highest BCUT2D eigenvalue weighted by atomic mass is 32.1. The summed E-state index contributed by atoms with van der Waals surface area (Å²) in [5.41, 5.74) is 2.41. The summed E-state index contributed by atoms with van der Waals surface area (Å²) in [6.07, 6.45) is 1.84. The van der Waals surface area contributed by atoms with E-state index in [4.69, 9.17) is 0 Å². The number of anilines is 1. The molecule has 0 N–H and O–H groups in total. The number of hydrogen-bond donors (Lipinski definition) is 0. The molecule has 2 amide bonds. The van der Waals surface area contributed by atoms with Gasteiger partial charge >= 0.3 is 0 Å². The van der Waals surface area contributed by atoms with Gasteiger partial charge in [0.15, 0.2) is 0 Å². The van der Waals surface area contributed by atoms with Crippen LogP contribution in [0.15, 0.2) is 60.0 Å². The molecule has 32 heavy (non-hydrogen) atoms. The Kier molecular flexibility index (Phi) is 6.95. The summed E-state index contributed by atoms with van der Waals surface area (Å²) >= 11 is 1.53. The summed E-state index contributed by atoms with van der Waals surface area (Å²) in [5, 5.41) is 2.87. The van der Waals surface area contributed by atoms with Gasteiger partial charge in [0.25, 0.3) is 0 Å². The summed E-state index contributed by atoms with van der Waals surface area (Å²) in [7, 11) is 0. The maximum Gasteiger partial charge on any atom is 0.232 e. The van der Waals surface area contributed by atoms with Crippen LogP contribution < -0.4 is 4.90 Å². The minimum Gasteiger partial charge on any atom is -0.342 e. The molecule has 1 saturated heterocycles. The number of rotatable bonds is 6. The monoisotopic (exact) mass is 451 g/mol. The molecule has 1 fully saturated rings. The number of halogens is 1. The Bertz CT molecular complexity index is 1070. The third kappa shape index (κ3) is 5.40. The van der Waals surface area contributed by atoms with Crippen LogP contribution in [0, 0.1) is 18.7 Å². The van der Waals surface area contributed by atoms with E-state index in [1.54, 1.807) is 21.9 Å². The van der Waals surface area contributed by atoms with Gasteiger partial charge in [-0.25, -0.2) is 9.37 Å². The van der Waals surface area contributed by atoms with Crippen molar-refractivity contribution >= 4 is 28.8 Å². The molecular formula is C25H26FN3O2S. The highest BCUT2D eigenvalue weighted by Crippen LogP contribution is 2.26. The number of aryl methyl sites for hydroxylation is 1. The van der Waals surface area contributed by atoms with Crippen molar-refractivity contribution in [2.24, 2.45) is 5.92 Å². The van der Waals surface area contributed by atoms with Crippen molar-refractivity contribution in [3.63, 3.8) is 0 Å². The number of nitrogens with zero attached hydrogens (tertiary/aromatic N) is 3. The molecule has 1 unspecified atom stereocenters. The van der Waals surface area contributed by atoms with Gasteiger partial charge in [0, 0.05) is 24.2 Å². The maximum atomic E-state index is 13.6. The van der Waals surface area contributed by atoms with Gasteiger partial charge in [-0.05, 0) is 49.6 Å². The smallest absolute Gasteiger partial charge is 0.232 e. The van der Waals surface area contributed by atoms with E-state index in [0.717, 1.165) is 29.1 Å². The molecule has 0 aliphatic carbocycles. The summed E-state index contributed by atoms with van der Waals surface area (Å²) in [6, 6.07) is 15.6. The summed E-state index contributed by atoms with van der Waals surface area (Å²) in [5.74, 6) is -0.661. The third-order valence-corrected chi connectivity index (χ3v) is 6.53. The largest absolute Gasteiger partial charge is 0.342 e. The van der Waals surface area contributed by atoms with E-state index in [1.165, 1.54) is 23.5 Å². The van der Waals surface area contributed by atoms with Crippen LogP contribution in [-0.2, 0) is 22.6 Å². The molecule has 2 heterocycles. The van der Waals surface area contributed by atoms with Crippen LogP contribution in [0.3, 0.4) is 0 Å². The predicted molar refractivity (Wildman–Crippen MR) is 124 cm³/mol. The van der Waals surface area contributed by atoms with Crippen molar-refractivity contribution in [2.45, 2.75) is 32.7 Å². The number of carbonyl (C=O) groups excluding carboxylic acids is 2. The second kappa shape index (κ2) is 10.0. The summed E-state index contributed by atoms with van der Waals surface area (Å²) in [6.45, 7) is 3.31. The SMILES string of the molecule is Cc1nc(CN(C(=O)C2CCCN(C(=O)Cc3ccccc3)C2)c2ccc(F)cc2)cs1. The molecule has 166 valence electrons. The summed E-state index contributed by atoms with van der Waals surface area (Å²) < 4.78 is 13.5. The topological polar surface area (TPSA) is 53.5 Å². The number of piperidine rings is 1. The molecule has 4 rings (SSSR count). The average molecular weight is 452 g/mol. The fourth-order valence-electron chi connectivity index (χ4n) is 4.07. The van der Waals surface area contributed by atoms with Crippen molar-refractivity contribution in [2.75, 3.05) is 18.0 Å². The lowest BCUT2D eigenvalue weighted by Gasteiger charge is -2.35. The molecule has 0 spiro atoms. The predicted octanol–water partition coefficient (Wildman–Crippen LogP) is 4.61. The average Bonchev–Trinajstić information content (AvgIpc) is 3.23. The van der Waals surface area contributed by atoms with Crippen molar-refractivity contribution < 1.29 is 14.0 Å². The van der Waals surface area contributed by atoms with Crippen LogP contribution in [0.25, 0.3) is 0 Å². The lowest BCUT2D eigenvalue weighted by molar-refractivity contribution is -0.134. The first kappa shape index (κ1) is 22.1. The first-order valence-corrected chi connectivity index (χ1v) is 11.7. The van der Waals surface area contributed by atoms with E-state index in [1.807, 2.05) is 42.6 Å². The first-order chi connectivity index (χ1) is 15.5. The maximum absolute atomic E-state index is 13.6. The van der Waals surface area contributed by atoms with Crippen LogP contribution in [0.5, 0.6) is 0 Å². The van der Waals surface area contributed by atoms with Gasteiger partial charge in [0.05, 0.1) is 29.6 Å². The summed E-state index contributed by atoms with van der Waals surface area (Å²) in [4.78, 5) is 34.4. The van der Waals surface area contributed by atoms with Crippen molar-refractivity contribution in [1.82, 2.24) is 9.88 Å². The Balaban J connectivity index is 1.50. The van der Waals surface area contributed by atoms with Crippen LogP contribution in [0.4, 0.5) is 10.1 Å². The Labute approximate surface area is 191 Å². The van der Waals surface area contributed by atoms with Gasteiger partial charge in [-0.1, -0.05) is 30.3 Å². The quantitative estimate of drug-likeness (QED) is 0.550. The molecule has 2 aromatic carbocycles. The number of hydrogen-bond acceptors (Lipinski definition) is 4. The molecule has 5 nitrogen and oxygen atoms in total. The fraction of sp³-hybridized carbons (Fsp3) is 0.320. The lowest BCUT2D eigenvalue weighted by Crippen LogP contribution is -2.47. The van der Waals surface area contributed by atoms with Gasteiger partial charge in [-0.3, -0.25) is 9.59 Å². The van der Waals surface area contributed by atoms with Crippen LogP contribution in [-0.4, -0.2) is 34.8 Å². The molecule has 0 saturated carbocycles. The highest BCUT2D eigenvalue weighted by molar-refractivity contribution is 7.09. The molecule has 1 aliphatic heterocycles. The van der Waals surface area contributed by atoms with Crippen molar-refractivity contribution in [1.29, 1.82) is 0 Å². The van der Waals surface area contributed by atoms with Gasteiger partial charge in [0.1, 0.15) is 5.82 Å². The van der Waals surface area contributed by atoms with Crippen molar-refractivity contribution in [3.05, 3.63) is 82.1 Å². The molecule has 0 radical (unpaired) electrons. The van der Waals surface area contributed by atoms with Gasteiger partial charge in [-0.2, -0.15) is 0 Å². The standard InChI is InChI=1S/C25H26FN3O2S/c1-18-27-22(17-32-18)16-29(23-11-9-21(26)10-12-23)25(31)20-8-5-13-28(15-20)24(30)14-19-6-3-2-4-7-19/h2-4,6-7,9-12,17,20H,5,8,13-16H2,1H3. The molecular weight excluding hydrogens is 425 g/mol. The zero-order chi connectivity index (χ0) is 22.5. The zero-order valence-corrected chi connectivity index (χ0v) is 18.9. The Morgan fingerprint density at radius 3 is 2.59 bits per heavy atom. The number of carbonyl (C=O) groups is 2. The zero-order valence-electron chi connectivity index (χ0n) is 18.0. The van der Waals surface area contributed by atoms with E-state index in [9.17, 15) is 14.0 Å². The molecule has 1 aromatic heterocycles. The molecule has 3 aromatic rings. The first-order valence-electron chi connectivity index (χ1n) is 10.8. The lowest BCUT2D eigenvalue weighted by atomic mass is 9.95. The van der Waals surface area contributed by atoms with E-state index < -0.39 is 0 Å². The van der Waals surface area contributed by atoms with Crippen LogP contribution in [0.1, 0.15) is 29.1 Å². The number of thiazole rings is 1. The minimum absolute atomic E-state index is 0.0390. The highest BCUT2D eigenvalue weighted by Gasteiger charge is 2.32. The normalized spacial score (nSPS) is 16.1. The van der Waals surface area contributed by atoms with Crippen LogP contribution >= 0.6 is 11.3 Å². The molecule has 1 aliphatic rings. The van der Waals surface area contributed by atoms with E-state index in [2.05, 4.69) is 4.98 Å². The fourth-order valence-corrected chi connectivity index (χ4v) is 4.67. The van der Waals surface area contributed by atoms with E-state index >= 15 is 0 Å². The molecule has 0 bridgehead atoms. The Morgan fingerprint density at radius 2 is 1.91 bits per heavy atom. The number of aromatic nitrogens is 1. The second-order valence-electron chi connectivity index (χ2n) is 8.10. The Hall–Kier alpha value is -3.06. The second-order valence-corrected chi connectivity index (χ2v) is 9.16.